The van der Waals surface area contributed by atoms with Crippen molar-refractivity contribution in [3.63, 3.8) is 0 Å². The highest BCUT2D eigenvalue weighted by Crippen LogP contribution is 2.29. The molecule has 9 heteroatoms. The van der Waals surface area contributed by atoms with Crippen LogP contribution < -0.4 is 4.74 Å². The van der Waals surface area contributed by atoms with E-state index in [1.165, 1.54) is 42.5 Å². The number of Topliss-reactive ketones (excluding diaryl/α,β-unsaturated/α-hetero) is 1. The molecule has 29 heavy (non-hydrogen) atoms. The second kappa shape index (κ2) is 10.0. The summed E-state index contributed by atoms with van der Waals surface area (Å²) >= 11 is 12.0. The van der Waals surface area contributed by atoms with E-state index >= 15 is 0 Å². The summed E-state index contributed by atoms with van der Waals surface area (Å²) in [6.07, 6.45) is -1.14. The molecule has 7 nitrogen and oxygen atoms in total. The number of hydrogen-bond acceptors (Lipinski definition) is 6. The molecule has 0 aromatic heterocycles. The first-order chi connectivity index (χ1) is 13.7. The van der Waals surface area contributed by atoms with E-state index in [0.29, 0.717) is 10.6 Å². The molecule has 0 saturated carbocycles. The van der Waals surface area contributed by atoms with E-state index in [9.17, 15) is 19.7 Å². The minimum atomic E-state index is -1.16. The van der Waals surface area contributed by atoms with E-state index in [1.54, 1.807) is 6.92 Å². The molecule has 0 N–H and O–H groups in total. The summed E-state index contributed by atoms with van der Waals surface area (Å²) in [7, 11) is 0. The second-order valence-corrected chi connectivity index (χ2v) is 6.72. The molecule has 2 aromatic carbocycles. The lowest BCUT2D eigenvalue weighted by Gasteiger charge is -2.19. The fourth-order valence-corrected chi connectivity index (χ4v) is 2.85. The number of benzene rings is 2. The number of hydrogen-bond donors (Lipinski definition) is 0. The minimum Gasteiger partial charge on any atom is -0.480 e. The molecule has 1 atom stereocenters. The molecule has 0 aliphatic heterocycles. The van der Waals surface area contributed by atoms with Gasteiger partial charge in [-0.25, -0.2) is 4.79 Å². The molecule has 0 heterocycles. The standard InChI is InChI=1S/C20H17Cl2NO6/c1-3-28-20(25)12(2)19(24)18(29-17-9-6-14(21)11-16(17)22)10-13-4-7-15(8-5-13)23(26)27/h4-9,11,18H,2-3,10H2,1H3. The lowest BCUT2D eigenvalue weighted by molar-refractivity contribution is -0.384. The number of nitro benzene ring substituents is 1. The first kappa shape index (κ1) is 22.4. The molecule has 2 aromatic rings. The highest BCUT2D eigenvalue weighted by Gasteiger charge is 2.29. The van der Waals surface area contributed by atoms with E-state index in [2.05, 4.69) is 6.58 Å². The van der Waals surface area contributed by atoms with Crippen LogP contribution in [0, 0.1) is 10.1 Å². The van der Waals surface area contributed by atoms with E-state index in [0.717, 1.165) is 0 Å². The monoisotopic (exact) mass is 437 g/mol. The van der Waals surface area contributed by atoms with Crippen LogP contribution >= 0.6 is 23.2 Å². The van der Waals surface area contributed by atoms with Crippen molar-refractivity contribution in [3.05, 3.63) is 80.3 Å². The minimum absolute atomic E-state index is 0.0220. The molecular weight excluding hydrogens is 421 g/mol. The number of ketones is 1. The molecule has 1 unspecified atom stereocenters. The highest BCUT2D eigenvalue weighted by molar-refractivity contribution is 6.35. The van der Waals surface area contributed by atoms with Gasteiger partial charge in [-0.15, -0.1) is 0 Å². The number of rotatable bonds is 9. The van der Waals surface area contributed by atoms with Crippen molar-refractivity contribution >= 4 is 40.6 Å². The van der Waals surface area contributed by atoms with Crippen molar-refractivity contribution in [2.45, 2.75) is 19.4 Å². The zero-order valence-corrected chi connectivity index (χ0v) is 16.9. The van der Waals surface area contributed by atoms with Gasteiger partial charge in [-0.3, -0.25) is 14.9 Å². The number of esters is 1. The van der Waals surface area contributed by atoms with Crippen molar-refractivity contribution in [3.8, 4) is 5.75 Å². The second-order valence-electron chi connectivity index (χ2n) is 5.87. The molecule has 0 fully saturated rings. The predicted octanol–water partition coefficient (Wildman–Crippen LogP) is 4.58. The number of nitrogens with zero attached hydrogens (tertiary/aromatic N) is 1. The summed E-state index contributed by atoms with van der Waals surface area (Å²) < 4.78 is 10.6. The van der Waals surface area contributed by atoms with Gasteiger partial charge in [-0.2, -0.15) is 0 Å². The number of carbonyl (C=O) groups excluding carboxylic acids is 2. The van der Waals surface area contributed by atoms with Crippen LogP contribution in [0.2, 0.25) is 10.0 Å². The van der Waals surface area contributed by atoms with Crippen molar-refractivity contribution in [2.24, 2.45) is 0 Å². The number of carbonyl (C=O) groups is 2. The van der Waals surface area contributed by atoms with Crippen LogP contribution in [-0.4, -0.2) is 29.4 Å². The normalized spacial score (nSPS) is 11.4. The van der Waals surface area contributed by atoms with Gasteiger partial charge >= 0.3 is 5.97 Å². The van der Waals surface area contributed by atoms with E-state index in [4.69, 9.17) is 32.7 Å². The lowest BCUT2D eigenvalue weighted by atomic mass is 10.00. The lowest BCUT2D eigenvalue weighted by Crippen LogP contribution is -2.33. The fraction of sp³-hybridized carbons (Fsp3) is 0.200. The number of ether oxygens (including phenoxy) is 2. The quantitative estimate of drug-likeness (QED) is 0.142. The maximum absolute atomic E-state index is 12.8. The Morgan fingerprint density at radius 1 is 1.17 bits per heavy atom. The van der Waals surface area contributed by atoms with Gasteiger partial charge in [0, 0.05) is 23.6 Å². The molecule has 0 aliphatic rings. The third-order valence-corrected chi connectivity index (χ3v) is 4.37. The van der Waals surface area contributed by atoms with E-state index < -0.39 is 22.8 Å². The third-order valence-electron chi connectivity index (χ3n) is 3.84. The zero-order valence-electron chi connectivity index (χ0n) is 15.4. The van der Waals surface area contributed by atoms with Crippen molar-refractivity contribution in [1.29, 1.82) is 0 Å². The van der Waals surface area contributed by atoms with Crippen molar-refractivity contribution < 1.29 is 24.0 Å². The largest absolute Gasteiger partial charge is 0.480 e. The van der Waals surface area contributed by atoms with Crippen LogP contribution in [0.25, 0.3) is 0 Å². The average molecular weight is 438 g/mol. The summed E-state index contributed by atoms with van der Waals surface area (Å²) in [4.78, 5) is 35.0. The van der Waals surface area contributed by atoms with Crippen LogP contribution in [-0.2, 0) is 20.7 Å². The third kappa shape index (κ3) is 6.04. The number of halogens is 2. The van der Waals surface area contributed by atoms with Gasteiger partial charge in [0.05, 0.1) is 22.1 Å². The van der Waals surface area contributed by atoms with Gasteiger partial charge in [-0.05, 0) is 30.7 Å². The number of nitro groups is 1. The SMILES string of the molecule is C=C(C(=O)OCC)C(=O)C(Cc1ccc([N+](=O)[O-])cc1)Oc1ccc(Cl)cc1Cl. The van der Waals surface area contributed by atoms with Gasteiger partial charge in [0.25, 0.3) is 5.69 Å². The summed E-state index contributed by atoms with van der Waals surface area (Å²) in [5.41, 5.74) is 0.119. The molecule has 0 aliphatic carbocycles. The maximum atomic E-state index is 12.8. The maximum Gasteiger partial charge on any atom is 0.341 e. The van der Waals surface area contributed by atoms with Crippen LogP contribution in [0.15, 0.2) is 54.6 Å². The molecule has 0 amide bonds. The summed E-state index contributed by atoms with van der Waals surface area (Å²) in [6, 6.07) is 10.1. The first-order valence-corrected chi connectivity index (χ1v) is 9.23. The Labute approximate surface area is 177 Å². The molecule has 0 saturated heterocycles. The summed E-state index contributed by atoms with van der Waals surface area (Å²) in [5.74, 6) is -1.35. The average Bonchev–Trinajstić information content (AvgIpc) is 2.68. The van der Waals surface area contributed by atoms with Gasteiger partial charge in [0.15, 0.2) is 6.10 Å². The Balaban J connectivity index is 2.30. The Bertz CT molecular complexity index is 942. The highest BCUT2D eigenvalue weighted by atomic mass is 35.5. The van der Waals surface area contributed by atoms with Gasteiger partial charge < -0.3 is 9.47 Å². The molecule has 2 rings (SSSR count). The molecular formula is C20H17Cl2NO6. The molecule has 0 bridgehead atoms. The molecule has 152 valence electrons. The first-order valence-electron chi connectivity index (χ1n) is 8.48. The Hall–Kier alpha value is -2.90. The Morgan fingerprint density at radius 3 is 2.38 bits per heavy atom. The Morgan fingerprint density at radius 2 is 1.83 bits per heavy atom. The van der Waals surface area contributed by atoms with Crippen molar-refractivity contribution in [2.75, 3.05) is 6.61 Å². The fourth-order valence-electron chi connectivity index (χ4n) is 2.39. The van der Waals surface area contributed by atoms with Crippen molar-refractivity contribution in [1.82, 2.24) is 0 Å². The molecule has 0 radical (unpaired) electrons. The smallest absolute Gasteiger partial charge is 0.341 e. The van der Waals surface area contributed by atoms with Gasteiger partial charge in [0.2, 0.25) is 5.78 Å². The summed E-state index contributed by atoms with van der Waals surface area (Å²) in [6.45, 7) is 5.19. The van der Waals surface area contributed by atoms with E-state index in [1.807, 2.05) is 0 Å². The zero-order chi connectivity index (χ0) is 21.6. The number of non-ortho nitro benzene ring substituents is 1. The topological polar surface area (TPSA) is 95.7 Å². The van der Waals surface area contributed by atoms with E-state index in [-0.39, 0.29) is 35.1 Å². The van der Waals surface area contributed by atoms with Crippen LogP contribution in [0.1, 0.15) is 12.5 Å². The van der Waals surface area contributed by atoms with Crippen LogP contribution in [0.3, 0.4) is 0 Å². The van der Waals surface area contributed by atoms with Gasteiger partial charge in [-0.1, -0.05) is 41.9 Å². The predicted molar refractivity (Wildman–Crippen MR) is 108 cm³/mol. The van der Waals surface area contributed by atoms with Crippen LogP contribution in [0.5, 0.6) is 5.75 Å². The molecule has 0 spiro atoms. The van der Waals surface area contributed by atoms with Gasteiger partial charge in [0.1, 0.15) is 5.75 Å². The Kier molecular flexibility index (Phi) is 7.75. The summed E-state index contributed by atoms with van der Waals surface area (Å²) in [5, 5.41) is 11.4. The van der Waals surface area contributed by atoms with Crippen LogP contribution in [0.4, 0.5) is 5.69 Å².